The lowest BCUT2D eigenvalue weighted by molar-refractivity contribution is -0.384. The highest BCUT2D eigenvalue weighted by atomic mass is 35.5. The Morgan fingerprint density at radius 2 is 2.09 bits per heavy atom. The van der Waals surface area contributed by atoms with E-state index < -0.39 is 4.92 Å². The third kappa shape index (κ3) is 2.89. The SMILES string of the molecule is O=[N+]([O-])c1cc(Cl)c(N2CCCC(c3ccn[nH]3)C2)c(Cl)c1. The molecule has 1 aromatic carbocycles. The summed E-state index contributed by atoms with van der Waals surface area (Å²) in [6.07, 6.45) is 3.79. The number of aromatic amines is 1. The Morgan fingerprint density at radius 1 is 1.36 bits per heavy atom. The zero-order valence-corrected chi connectivity index (χ0v) is 13.1. The van der Waals surface area contributed by atoms with Crippen LogP contribution in [-0.4, -0.2) is 28.2 Å². The maximum Gasteiger partial charge on any atom is 0.272 e. The number of hydrogen-bond donors (Lipinski definition) is 1. The van der Waals surface area contributed by atoms with Gasteiger partial charge in [-0.1, -0.05) is 23.2 Å². The molecule has 6 nitrogen and oxygen atoms in total. The molecule has 2 heterocycles. The lowest BCUT2D eigenvalue weighted by Crippen LogP contribution is -2.34. The minimum atomic E-state index is -0.495. The fourth-order valence-electron chi connectivity index (χ4n) is 2.89. The van der Waals surface area contributed by atoms with E-state index in [1.807, 2.05) is 6.07 Å². The Hall–Kier alpha value is -1.79. The fourth-order valence-corrected chi connectivity index (χ4v) is 3.60. The van der Waals surface area contributed by atoms with E-state index in [9.17, 15) is 10.1 Å². The van der Waals surface area contributed by atoms with Crippen molar-refractivity contribution in [2.45, 2.75) is 18.8 Å². The third-order valence-corrected chi connectivity index (χ3v) is 4.49. The number of hydrogen-bond acceptors (Lipinski definition) is 4. The van der Waals surface area contributed by atoms with E-state index in [2.05, 4.69) is 15.1 Å². The maximum absolute atomic E-state index is 10.9. The zero-order valence-electron chi connectivity index (χ0n) is 11.6. The minimum absolute atomic E-state index is 0.0964. The fraction of sp³-hybridized carbons (Fsp3) is 0.357. The van der Waals surface area contributed by atoms with Crippen molar-refractivity contribution in [3.8, 4) is 0 Å². The van der Waals surface area contributed by atoms with Gasteiger partial charge in [0, 0.05) is 43.0 Å². The van der Waals surface area contributed by atoms with Gasteiger partial charge in [0.25, 0.3) is 5.69 Å². The van der Waals surface area contributed by atoms with Gasteiger partial charge in [0.2, 0.25) is 0 Å². The monoisotopic (exact) mass is 340 g/mol. The smallest absolute Gasteiger partial charge is 0.272 e. The van der Waals surface area contributed by atoms with Crippen LogP contribution in [0.25, 0.3) is 0 Å². The largest absolute Gasteiger partial charge is 0.368 e. The highest BCUT2D eigenvalue weighted by Gasteiger charge is 2.26. The maximum atomic E-state index is 10.9. The minimum Gasteiger partial charge on any atom is -0.368 e. The van der Waals surface area contributed by atoms with Crippen LogP contribution in [0, 0.1) is 10.1 Å². The van der Waals surface area contributed by atoms with E-state index in [1.165, 1.54) is 12.1 Å². The second kappa shape index (κ2) is 6.14. The average molecular weight is 341 g/mol. The molecule has 2 aromatic rings. The summed E-state index contributed by atoms with van der Waals surface area (Å²) >= 11 is 12.5. The van der Waals surface area contributed by atoms with E-state index in [0.717, 1.165) is 31.6 Å². The van der Waals surface area contributed by atoms with Gasteiger partial charge < -0.3 is 4.90 Å². The Kier molecular flexibility index (Phi) is 4.22. The number of nitrogens with one attached hydrogen (secondary N) is 1. The van der Waals surface area contributed by atoms with E-state index >= 15 is 0 Å². The lowest BCUT2D eigenvalue weighted by Gasteiger charge is -2.34. The molecule has 1 aliphatic heterocycles. The van der Waals surface area contributed by atoms with E-state index in [-0.39, 0.29) is 5.69 Å². The topological polar surface area (TPSA) is 75.1 Å². The summed E-state index contributed by atoms with van der Waals surface area (Å²) in [4.78, 5) is 12.5. The van der Waals surface area contributed by atoms with Crippen LogP contribution in [0.3, 0.4) is 0 Å². The number of rotatable bonds is 3. The first-order chi connectivity index (χ1) is 10.6. The number of non-ortho nitro benzene ring substituents is 1. The van der Waals surface area contributed by atoms with Crippen LogP contribution < -0.4 is 4.90 Å². The molecule has 0 aliphatic carbocycles. The van der Waals surface area contributed by atoms with Gasteiger partial charge >= 0.3 is 0 Å². The lowest BCUT2D eigenvalue weighted by atomic mass is 9.94. The molecule has 0 radical (unpaired) electrons. The second-order valence-electron chi connectivity index (χ2n) is 5.31. The van der Waals surface area contributed by atoms with Gasteiger partial charge in [-0.05, 0) is 18.9 Å². The molecule has 3 rings (SSSR count). The van der Waals surface area contributed by atoms with Crippen LogP contribution >= 0.6 is 23.2 Å². The number of nitro benzene ring substituents is 1. The van der Waals surface area contributed by atoms with Crippen molar-refractivity contribution < 1.29 is 4.92 Å². The summed E-state index contributed by atoms with van der Waals surface area (Å²) in [7, 11) is 0. The first kappa shape index (κ1) is 15.1. The molecule has 0 saturated carbocycles. The van der Waals surface area contributed by atoms with Crippen molar-refractivity contribution >= 4 is 34.6 Å². The molecule has 1 N–H and O–H groups in total. The number of H-pyrrole nitrogens is 1. The molecule has 1 saturated heterocycles. The van der Waals surface area contributed by atoms with E-state index in [0.29, 0.717) is 21.7 Å². The van der Waals surface area contributed by atoms with Gasteiger partial charge in [-0.15, -0.1) is 0 Å². The van der Waals surface area contributed by atoms with Gasteiger partial charge in [-0.3, -0.25) is 15.2 Å². The third-order valence-electron chi connectivity index (χ3n) is 3.91. The Labute approximate surface area is 137 Å². The van der Waals surface area contributed by atoms with Gasteiger partial charge in [0.15, 0.2) is 0 Å². The Balaban J connectivity index is 1.89. The summed E-state index contributed by atoms with van der Waals surface area (Å²) in [5.74, 6) is 0.318. The summed E-state index contributed by atoms with van der Waals surface area (Å²) in [5, 5.41) is 18.5. The molecule has 1 aromatic heterocycles. The molecular formula is C14H14Cl2N4O2. The van der Waals surface area contributed by atoms with E-state index in [1.54, 1.807) is 6.20 Å². The van der Waals surface area contributed by atoms with Crippen LogP contribution in [0.5, 0.6) is 0 Å². The Morgan fingerprint density at radius 3 is 2.68 bits per heavy atom. The quantitative estimate of drug-likeness (QED) is 0.676. The van der Waals surface area contributed by atoms with Crippen molar-refractivity contribution in [3.63, 3.8) is 0 Å². The average Bonchev–Trinajstić information content (AvgIpc) is 3.01. The predicted molar refractivity (Wildman–Crippen MR) is 85.9 cm³/mol. The number of nitrogens with zero attached hydrogens (tertiary/aromatic N) is 3. The predicted octanol–water partition coefficient (Wildman–Crippen LogP) is 4.01. The first-order valence-electron chi connectivity index (χ1n) is 6.94. The van der Waals surface area contributed by atoms with Crippen molar-refractivity contribution in [1.29, 1.82) is 0 Å². The van der Waals surface area contributed by atoms with Crippen molar-refractivity contribution in [2.75, 3.05) is 18.0 Å². The highest BCUT2D eigenvalue weighted by Crippen LogP contribution is 2.40. The summed E-state index contributed by atoms with van der Waals surface area (Å²) < 4.78 is 0. The molecule has 1 atom stereocenters. The van der Waals surface area contributed by atoms with Crippen LogP contribution in [0.15, 0.2) is 24.4 Å². The number of halogens is 2. The van der Waals surface area contributed by atoms with Gasteiger partial charge in [-0.25, -0.2) is 0 Å². The van der Waals surface area contributed by atoms with Gasteiger partial charge in [0.1, 0.15) is 0 Å². The molecule has 116 valence electrons. The number of aromatic nitrogens is 2. The van der Waals surface area contributed by atoms with E-state index in [4.69, 9.17) is 23.2 Å². The van der Waals surface area contributed by atoms with Crippen molar-refractivity contribution in [2.24, 2.45) is 0 Å². The molecule has 0 spiro atoms. The number of piperidine rings is 1. The summed E-state index contributed by atoms with van der Waals surface area (Å²) in [6, 6.07) is 4.67. The second-order valence-corrected chi connectivity index (χ2v) is 6.13. The molecule has 1 aliphatic rings. The van der Waals surface area contributed by atoms with Crippen molar-refractivity contribution in [3.05, 3.63) is 50.2 Å². The first-order valence-corrected chi connectivity index (χ1v) is 7.69. The molecule has 1 unspecified atom stereocenters. The molecule has 0 amide bonds. The van der Waals surface area contributed by atoms with Crippen LogP contribution in [0.4, 0.5) is 11.4 Å². The van der Waals surface area contributed by atoms with Crippen LogP contribution in [0.1, 0.15) is 24.5 Å². The normalized spacial score (nSPS) is 18.5. The molecule has 22 heavy (non-hydrogen) atoms. The highest BCUT2D eigenvalue weighted by molar-refractivity contribution is 6.39. The molecule has 0 bridgehead atoms. The van der Waals surface area contributed by atoms with Crippen LogP contribution in [-0.2, 0) is 0 Å². The summed E-state index contributed by atoms with van der Waals surface area (Å²) in [5.41, 5.74) is 1.65. The number of anilines is 1. The molecule has 8 heteroatoms. The number of nitro groups is 1. The van der Waals surface area contributed by atoms with Crippen molar-refractivity contribution in [1.82, 2.24) is 10.2 Å². The zero-order chi connectivity index (χ0) is 15.7. The van der Waals surface area contributed by atoms with Gasteiger partial charge in [-0.2, -0.15) is 5.10 Å². The van der Waals surface area contributed by atoms with Gasteiger partial charge in [0.05, 0.1) is 20.7 Å². The van der Waals surface area contributed by atoms with Crippen LogP contribution in [0.2, 0.25) is 10.0 Å². The number of benzene rings is 1. The molecule has 1 fully saturated rings. The molecular weight excluding hydrogens is 327 g/mol. The Bertz CT molecular complexity index is 667. The standard InChI is InChI=1S/C14H14Cl2N4O2/c15-11-6-10(20(21)22)7-12(16)14(11)19-5-1-2-9(8-19)13-3-4-17-18-13/h3-4,6-7,9H,1-2,5,8H2,(H,17,18). The summed E-state index contributed by atoms with van der Waals surface area (Å²) in [6.45, 7) is 1.57.